The summed E-state index contributed by atoms with van der Waals surface area (Å²) in [7, 11) is -3.91. The fourth-order valence-electron chi connectivity index (χ4n) is 4.18. The van der Waals surface area contributed by atoms with Crippen LogP contribution in [0.3, 0.4) is 0 Å². The lowest BCUT2D eigenvalue weighted by Crippen LogP contribution is -2.09. The minimum Gasteiger partial charge on any atom is -0.339 e. The van der Waals surface area contributed by atoms with Crippen LogP contribution < -0.4 is 0 Å². The minimum atomic E-state index is -3.91. The highest BCUT2D eigenvalue weighted by atomic mass is 32.2. The van der Waals surface area contributed by atoms with Gasteiger partial charge >= 0.3 is 0 Å². The molecule has 1 aromatic carbocycles. The number of rotatable bonds is 11. The van der Waals surface area contributed by atoms with Crippen LogP contribution in [0.4, 0.5) is 0 Å². The van der Waals surface area contributed by atoms with Crippen LogP contribution in [0.1, 0.15) is 87.9 Å². The van der Waals surface area contributed by atoms with E-state index in [9.17, 15) is 13.2 Å². The van der Waals surface area contributed by atoms with Crippen molar-refractivity contribution < 1.29 is 21.9 Å². The van der Waals surface area contributed by atoms with Gasteiger partial charge in [-0.3, -0.25) is 4.18 Å². The van der Waals surface area contributed by atoms with Gasteiger partial charge < -0.3 is 9.32 Å². The highest BCUT2D eigenvalue weighted by molar-refractivity contribution is 7.86. The van der Waals surface area contributed by atoms with Crippen LogP contribution >= 0.6 is 0 Å². The third-order valence-corrected chi connectivity index (χ3v) is 7.19. The van der Waals surface area contributed by atoms with Gasteiger partial charge in [0.25, 0.3) is 10.1 Å². The van der Waals surface area contributed by atoms with Gasteiger partial charge in [-0.25, -0.2) is 0 Å². The Morgan fingerprint density at radius 3 is 2.58 bits per heavy atom. The molecule has 0 unspecified atom stereocenters. The molecule has 0 amide bonds. The lowest BCUT2D eigenvalue weighted by Gasteiger charge is -2.22. The van der Waals surface area contributed by atoms with E-state index in [-0.39, 0.29) is 29.0 Å². The Balaban J connectivity index is 1.57. The van der Waals surface area contributed by atoms with Crippen molar-refractivity contribution in [3.8, 4) is 0 Å². The highest BCUT2D eigenvalue weighted by Crippen LogP contribution is 2.31. The summed E-state index contributed by atoms with van der Waals surface area (Å²) in [6.07, 6.45) is 9.90. The van der Waals surface area contributed by atoms with Crippen LogP contribution in [0.15, 0.2) is 33.7 Å². The Kier molecular flexibility index (Phi) is 8.37. The van der Waals surface area contributed by atoms with Crippen LogP contribution in [-0.4, -0.2) is 24.3 Å². The fourth-order valence-corrected chi connectivity index (χ4v) is 5.05. The number of hydrogen-bond donors (Lipinski definition) is 0. The monoisotopic (exact) mass is 448 g/mol. The Morgan fingerprint density at radius 2 is 1.90 bits per heavy atom. The molecule has 8 heteroatoms. The Bertz CT molecular complexity index is 947. The molecule has 0 saturated heterocycles. The molecule has 2 aromatic rings. The van der Waals surface area contributed by atoms with Gasteiger partial charge in [-0.15, -0.1) is 0 Å². The van der Waals surface area contributed by atoms with Crippen molar-refractivity contribution in [1.82, 2.24) is 10.1 Å². The number of aryl methyl sites for hydroxylation is 1. The normalized spacial score (nSPS) is 16.3. The molecule has 0 N–H and O–H groups in total. The molecule has 1 aliphatic carbocycles. The average Bonchev–Trinajstić information content (AvgIpc) is 3.22. The number of nitrogens with zero attached hydrogens (tertiary/aromatic N) is 2. The van der Waals surface area contributed by atoms with E-state index in [1.54, 1.807) is 19.1 Å². The summed E-state index contributed by atoms with van der Waals surface area (Å²) < 4.78 is 35.1. The molecule has 1 atom stereocenters. The molecule has 1 aliphatic rings. The topological polar surface area (TPSA) is 99.4 Å². The first-order valence-corrected chi connectivity index (χ1v) is 12.5. The first kappa shape index (κ1) is 23.6. The SMILES string of the molecule is CC(=O)C[C@@H](CCCC1CCCCC1)c1nc(COS(=O)(=O)c2ccc(C)cc2)no1. The molecule has 7 nitrogen and oxygen atoms in total. The van der Waals surface area contributed by atoms with Crippen LogP contribution in [0.5, 0.6) is 0 Å². The fraction of sp³-hybridized carbons (Fsp3) is 0.609. The second-order valence-corrected chi connectivity index (χ2v) is 10.2. The van der Waals surface area contributed by atoms with E-state index in [2.05, 4.69) is 10.1 Å². The molecule has 1 heterocycles. The Morgan fingerprint density at radius 1 is 1.19 bits per heavy atom. The van der Waals surface area contributed by atoms with Gasteiger partial charge in [0.05, 0.1) is 4.90 Å². The van der Waals surface area contributed by atoms with Crippen molar-refractivity contribution in [3.05, 3.63) is 41.5 Å². The molecule has 0 bridgehead atoms. The number of ketones is 1. The molecule has 1 aromatic heterocycles. The lowest BCUT2D eigenvalue weighted by atomic mass is 9.84. The lowest BCUT2D eigenvalue weighted by molar-refractivity contribution is -0.117. The highest BCUT2D eigenvalue weighted by Gasteiger charge is 2.23. The predicted molar refractivity (Wildman–Crippen MR) is 116 cm³/mol. The molecule has 170 valence electrons. The van der Waals surface area contributed by atoms with Crippen LogP contribution in [0.2, 0.25) is 0 Å². The van der Waals surface area contributed by atoms with Gasteiger partial charge in [0, 0.05) is 12.3 Å². The minimum absolute atomic E-state index is 0.0700. The smallest absolute Gasteiger partial charge is 0.297 e. The Labute approximate surface area is 184 Å². The zero-order chi connectivity index (χ0) is 22.3. The molecule has 1 fully saturated rings. The summed E-state index contributed by atoms with van der Waals surface area (Å²) in [4.78, 5) is 16.1. The van der Waals surface area contributed by atoms with Gasteiger partial charge in [-0.2, -0.15) is 13.4 Å². The zero-order valence-corrected chi connectivity index (χ0v) is 19.2. The Hall–Kier alpha value is -2.06. The summed E-state index contributed by atoms with van der Waals surface area (Å²) in [6, 6.07) is 6.42. The van der Waals surface area contributed by atoms with E-state index in [1.807, 2.05) is 6.92 Å². The van der Waals surface area contributed by atoms with Gasteiger partial charge in [0.1, 0.15) is 12.4 Å². The number of aromatic nitrogens is 2. The molecular formula is C23H32N2O5S. The molecule has 0 radical (unpaired) electrons. The number of carbonyl (C=O) groups is 1. The van der Waals surface area contributed by atoms with Crippen LogP contribution in [-0.2, 0) is 25.7 Å². The summed E-state index contributed by atoms with van der Waals surface area (Å²) >= 11 is 0. The quantitative estimate of drug-likeness (QED) is 0.441. The van der Waals surface area contributed by atoms with Gasteiger partial charge in [-0.1, -0.05) is 67.8 Å². The number of benzene rings is 1. The first-order valence-electron chi connectivity index (χ1n) is 11.1. The first-order chi connectivity index (χ1) is 14.8. The molecule has 3 rings (SSSR count). The van der Waals surface area contributed by atoms with Gasteiger partial charge in [0.15, 0.2) is 5.82 Å². The van der Waals surface area contributed by atoms with E-state index < -0.39 is 10.1 Å². The number of carbonyl (C=O) groups excluding carboxylic acids is 1. The summed E-state index contributed by atoms with van der Waals surface area (Å²) in [5.74, 6) is 1.25. The summed E-state index contributed by atoms with van der Waals surface area (Å²) in [5, 5.41) is 3.87. The molecular weight excluding hydrogens is 416 g/mol. The van der Waals surface area contributed by atoms with Crippen molar-refractivity contribution in [1.29, 1.82) is 0 Å². The largest absolute Gasteiger partial charge is 0.339 e. The standard InChI is InChI=1S/C23H32N2O5S/c1-17-11-13-21(14-12-17)31(27,28)29-16-22-24-23(30-25-22)20(15-18(2)26)10-6-9-19-7-4-3-5-8-19/h11-14,19-20H,3-10,15-16H2,1-2H3/t20-/m1/s1. The van der Waals surface area contributed by atoms with Crippen molar-refractivity contribution in [2.45, 2.75) is 89.1 Å². The maximum absolute atomic E-state index is 12.3. The van der Waals surface area contributed by atoms with E-state index in [0.29, 0.717) is 12.3 Å². The number of hydrogen-bond acceptors (Lipinski definition) is 7. The molecule has 0 spiro atoms. The molecule has 1 saturated carbocycles. The van der Waals surface area contributed by atoms with Crippen LogP contribution in [0, 0.1) is 12.8 Å². The van der Waals surface area contributed by atoms with Gasteiger partial charge in [0.2, 0.25) is 5.89 Å². The zero-order valence-electron chi connectivity index (χ0n) is 18.4. The third-order valence-electron chi connectivity index (χ3n) is 5.91. The summed E-state index contributed by atoms with van der Waals surface area (Å²) in [6.45, 7) is 3.13. The number of Topliss-reactive ketones (excluding diaryl/α,β-unsaturated/α-hetero) is 1. The van der Waals surface area contributed by atoms with Crippen molar-refractivity contribution in [2.24, 2.45) is 5.92 Å². The maximum atomic E-state index is 12.3. The average molecular weight is 449 g/mol. The third kappa shape index (κ3) is 7.25. The predicted octanol–water partition coefficient (Wildman–Crippen LogP) is 5.10. The van der Waals surface area contributed by atoms with E-state index in [1.165, 1.54) is 44.2 Å². The van der Waals surface area contributed by atoms with E-state index >= 15 is 0 Å². The van der Waals surface area contributed by atoms with Crippen LogP contribution in [0.25, 0.3) is 0 Å². The second-order valence-electron chi connectivity index (χ2n) is 8.62. The summed E-state index contributed by atoms with van der Waals surface area (Å²) in [5.41, 5.74) is 0.960. The van der Waals surface area contributed by atoms with E-state index in [0.717, 1.165) is 30.7 Å². The van der Waals surface area contributed by atoms with Crippen molar-refractivity contribution in [2.75, 3.05) is 0 Å². The maximum Gasteiger partial charge on any atom is 0.297 e. The molecule has 31 heavy (non-hydrogen) atoms. The van der Waals surface area contributed by atoms with Gasteiger partial charge in [-0.05, 0) is 38.3 Å². The molecule has 0 aliphatic heterocycles. The second kappa shape index (κ2) is 11.0. The van der Waals surface area contributed by atoms with E-state index in [4.69, 9.17) is 8.71 Å². The van der Waals surface area contributed by atoms with Crippen molar-refractivity contribution >= 4 is 15.9 Å². The van der Waals surface area contributed by atoms with Crippen molar-refractivity contribution in [3.63, 3.8) is 0 Å².